The molecule has 22 heavy (non-hydrogen) atoms. The summed E-state index contributed by atoms with van der Waals surface area (Å²) in [4.78, 5) is 26.5. The first-order valence-corrected chi connectivity index (χ1v) is 8.94. The Kier molecular flexibility index (Phi) is 4.49. The second kappa shape index (κ2) is 6.38. The summed E-state index contributed by atoms with van der Waals surface area (Å²) in [5.74, 6) is 0.0877. The first-order valence-electron chi connectivity index (χ1n) is 8.00. The molecule has 6 heteroatoms. The van der Waals surface area contributed by atoms with Crippen LogP contribution in [0.15, 0.2) is 16.8 Å². The van der Waals surface area contributed by atoms with Crippen molar-refractivity contribution in [3.05, 3.63) is 22.4 Å². The third kappa shape index (κ3) is 3.17. The fraction of sp³-hybridized carbons (Fsp3) is 0.625. The molecule has 2 aliphatic rings. The van der Waals surface area contributed by atoms with Gasteiger partial charge in [-0.15, -0.1) is 0 Å². The SMILES string of the molecule is NC1(C(=O)N2CCC(NC(=O)c3ccsc3)CC2)CCCC1. The average Bonchev–Trinajstić information content (AvgIpc) is 3.19. The number of nitrogens with two attached hydrogens (primary N) is 1. The highest BCUT2D eigenvalue weighted by atomic mass is 32.1. The molecule has 0 bridgehead atoms. The molecule has 2 heterocycles. The number of likely N-dealkylation sites (tertiary alicyclic amines) is 1. The minimum atomic E-state index is -0.632. The van der Waals surface area contributed by atoms with Gasteiger partial charge in [0, 0.05) is 30.1 Å². The van der Waals surface area contributed by atoms with Crippen molar-refractivity contribution in [3.63, 3.8) is 0 Å². The van der Waals surface area contributed by atoms with Crippen LogP contribution in [-0.2, 0) is 4.79 Å². The van der Waals surface area contributed by atoms with E-state index in [1.807, 2.05) is 21.7 Å². The van der Waals surface area contributed by atoms with Crippen molar-refractivity contribution in [1.82, 2.24) is 10.2 Å². The molecule has 1 saturated carbocycles. The lowest BCUT2D eigenvalue weighted by Gasteiger charge is -2.37. The fourth-order valence-corrected chi connectivity index (χ4v) is 4.06. The Balaban J connectivity index is 1.50. The molecule has 0 radical (unpaired) electrons. The smallest absolute Gasteiger partial charge is 0.252 e. The Morgan fingerprint density at radius 1 is 1.27 bits per heavy atom. The van der Waals surface area contributed by atoms with Gasteiger partial charge in [-0.2, -0.15) is 11.3 Å². The zero-order valence-electron chi connectivity index (χ0n) is 12.7. The van der Waals surface area contributed by atoms with E-state index in [9.17, 15) is 9.59 Å². The lowest BCUT2D eigenvalue weighted by atomic mass is 9.95. The molecule has 3 N–H and O–H groups in total. The molecular weight excluding hydrogens is 298 g/mol. The van der Waals surface area contributed by atoms with Gasteiger partial charge in [0.2, 0.25) is 5.91 Å². The molecule has 0 spiro atoms. The number of hydrogen-bond donors (Lipinski definition) is 2. The number of nitrogens with zero attached hydrogens (tertiary/aromatic N) is 1. The van der Waals surface area contributed by atoms with Gasteiger partial charge in [0.1, 0.15) is 0 Å². The van der Waals surface area contributed by atoms with Crippen LogP contribution < -0.4 is 11.1 Å². The summed E-state index contributed by atoms with van der Waals surface area (Å²) in [6.45, 7) is 1.37. The fourth-order valence-electron chi connectivity index (χ4n) is 3.42. The molecule has 0 aromatic carbocycles. The van der Waals surface area contributed by atoms with Gasteiger partial charge in [0.15, 0.2) is 0 Å². The molecule has 120 valence electrons. The van der Waals surface area contributed by atoms with E-state index in [0.717, 1.165) is 44.1 Å². The van der Waals surface area contributed by atoms with Gasteiger partial charge in [0.05, 0.1) is 5.54 Å². The maximum Gasteiger partial charge on any atom is 0.252 e. The van der Waals surface area contributed by atoms with Crippen LogP contribution in [0.5, 0.6) is 0 Å². The van der Waals surface area contributed by atoms with E-state index in [1.165, 1.54) is 11.3 Å². The molecule has 0 unspecified atom stereocenters. The minimum Gasteiger partial charge on any atom is -0.349 e. The quantitative estimate of drug-likeness (QED) is 0.890. The van der Waals surface area contributed by atoms with Gasteiger partial charge in [-0.1, -0.05) is 12.8 Å². The molecular formula is C16H23N3O2S. The highest BCUT2D eigenvalue weighted by Crippen LogP contribution is 2.30. The van der Waals surface area contributed by atoms with Gasteiger partial charge in [-0.3, -0.25) is 9.59 Å². The van der Waals surface area contributed by atoms with Crippen LogP contribution in [-0.4, -0.2) is 41.4 Å². The first kappa shape index (κ1) is 15.5. The van der Waals surface area contributed by atoms with Crippen LogP contribution >= 0.6 is 11.3 Å². The van der Waals surface area contributed by atoms with Crippen LogP contribution in [0.4, 0.5) is 0 Å². The summed E-state index contributed by atoms with van der Waals surface area (Å²) >= 11 is 1.52. The van der Waals surface area contributed by atoms with E-state index in [-0.39, 0.29) is 17.9 Å². The number of piperidine rings is 1. The third-order valence-corrected chi connectivity index (χ3v) is 5.51. The van der Waals surface area contributed by atoms with E-state index >= 15 is 0 Å². The zero-order chi connectivity index (χ0) is 15.6. The van der Waals surface area contributed by atoms with Crippen molar-refractivity contribution in [2.75, 3.05) is 13.1 Å². The highest BCUT2D eigenvalue weighted by molar-refractivity contribution is 7.08. The molecule has 1 aromatic heterocycles. The van der Waals surface area contributed by atoms with Gasteiger partial charge in [0.25, 0.3) is 5.91 Å². The van der Waals surface area contributed by atoms with E-state index in [2.05, 4.69) is 5.32 Å². The van der Waals surface area contributed by atoms with Crippen molar-refractivity contribution < 1.29 is 9.59 Å². The van der Waals surface area contributed by atoms with Gasteiger partial charge >= 0.3 is 0 Å². The summed E-state index contributed by atoms with van der Waals surface area (Å²) in [6.07, 6.45) is 5.32. The zero-order valence-corrected chi connectivity index (χ0v) is 13.5. The summed E-state index contributed by atoms with van der Waals surface area (Å²) < 4.78 is 0. The Morgan fingerprint density at radius 2 is 1.95 bits per heavy atom. The Hall–Kier alpha value is -1.40. The predicted octanol–water partition coefficient (Wildman–Crippen LogP) is 1.74. The molecule has 1 aliphatic carbocycles. The molecule has 2 fully saturated rings. The standard InChI is InChI=1S/C16H23N3O2S/c17-16(6-1-2-7-16)15(21)19-8-3-13(4-9-19)18-14(20)12-5-10-22-11-12/h5,10-11,13H,1-4,6-9,17H2,(H,18,20). The Labute approximate surface area is 134 Å². The molecule has 0 atom stereocenters. The number of thiophene rings is 1. The summed E-state index contributed by atoms with van der Waals surface area (Å²) in [7, 11) is 0. The van der Waals surface area contributed by atoms with Crippen molar-refractivity contribution in [1.29, 1.82) is 0 Å². The molecule has 5 nitrogen and oxygen atoms in total. The van der Waals surface area contributed by atoms with E-state index < -0.39 is 5.54 Å². The van der Waals surface area contributed by atoms with Crippen molar-refractivity contribution >= 4 is 23.2 Å². The molecule has 1 aromatic rings. The normalized spacial score (nSPS) is 21.8. The third-order valence-electron chi connectivity index (χ3n) is 4.82. The summed E-state index contributed by atoms with van der Waals surface area (Å²) in [5, 5.41) is 6.81. The molecule has 1 saturated heterocycles. The van der Waals surface area contributed by atoms with Crippen molar-refractivity contribution in [2.24, 2.45) is 5.73 Å². The van der Waals surface area contributed by atoms with Crippen LogP contribution in [0.25, 0.3) is 0 Å². The van der Waals surface area contributed by atoms with Crippen LogP contribution in [0.1, 0.15) is 48.9 Å². The predicted molar refractivity (Wildman–Crippen MR) is 86.8 cm³/mol. The molecule has 2 amide bonds. The van der Waals surface area contributed by atoms with Crippen molar-refractivity contribution in [3.8, 4) is 0 Å². The monoisotopic (exact) mass is 321 g/mol. The molecule has 1 aliphatic heterocycles. The number of nitrogens with one attached hydrogen (secondary N) is 1. The average molecular weight is 321 g/mol. The number of carbonyl (C=O) groups excluding carboxylic acids is 2. The van der Waals surface area contributed by atoms with Gasteiger partial charge < -0.3 is 16.0 Å². The van der Waals surface area contributed by atoms with E-state index in [0.29, 0.717) is 13.1 Å². The van der Waals surface area contributed by atoms with Crippen LogP contribution in [0, 0.1) is 0 Å². The maximum absolute atomic E-state index is 12.6. The van der Waals surface area contributed by atoms with E-state index in [1.54, 1.807) is 0 Å². The van der Waals surface area contributed by atoms with Crippen LogP contribution in [0.3, 0.4) is 0 Å². The van der Waals surface area contributed by atoms with Crippen molar-refractivity contribution in [2.45, 2.75) is 50.1 Å². The number of hydrogen-bond acceptors (Lipinski definition) is 4. The number of amides is 2. The number of rotatable bonds is 3. The highest BCUT2D eigenvalue weighted by Gasteiger charge is 2.40. The summed E-state index contributed by atoms with van der Waals surface area (Å²) in [6, 6.07) is 1.98. The first-order chi connectivity index (χ1) is 10.6. The Bertz CT molecular complexity index is 530. The minimum absolute atomic E-state index is 0.0166. The summed E-state index contributed by atoms with van der Waals surface area (Å²) in [5.41, 5.74) is 6.34. The second-order valence-electron chi connectivity index (χ2n) is 6.42. The van der Waals surface area contributed by atoms with Gasteiger partial charge in [-0.05, 0) is 37.1 Å². The largest absolute Gasteiger partial charge is 0.349 e. The lowest BCUT2D eigenvalue weighted by Crippen LogP contribution is -2.56. The van der Waals surface area contributed by atoms with Gasteiger partial charge in [-0.25, -0.2) is 0 Å². The van der Waals surface area contributed by atoms with E-state index in [4.69, 9.17) is 5.73 Å². The van der Waals surface area contributed by atoms with Crippen LogP contribution in [0.2, 0.25) is 0 Å². The molecule has 3 rings (SSSR count). The number of carbonyl (C=O) groups is 2. The lowest BCUT2D eigenvalue weighted by molar-refractivity contribution is -0.137. The Morgan fingerprint density at radius 3 is 2.55 bits per heavy atom. The maximum atomic E-state index is 12.6. The topological polar surface area (TPSA) is 75.4 Å². The second-order valence-corrected chi connectivity index (χ2v) is 7.20.